The van der Waals surface area contributed by atoms with Crippen LogP contribution in [0.3, 0.4) is 0 Å². The van der Waals surface area contributed by atoms with E-state index >= 15 is 0 Å². The second-order valence-electron chi connectivity index (χ2n) is 5.72. The van der Waals surface area contributed by atoms with Crippen LogP contribution in [0.4, 0.5) is 5.69 Å². The SMILES string of the molecule is C[C@@H](OC(=O)Cc1coc2cc(O)ccc12)C(=O)Nc1ccccc1Cl. The Labute approximate surface area is 154 Å². The molecule has 0 unspecified atom stereocenters. The van der Waals surface area contributed by atoms with E-state index in [1.165, 1.54) is 25.3 Å². The van der Waals surface area contributed by atoms with Gasteiger partial charge in [-0.1, -0.05) is 23.7 Å². The van der Waals surface area contributed by atoms with E-state index in [0.717, 1.165) is 0 Å². The summed E-state index contributed by atoms with van der Waals surface area (Å²) in [5, 5.41) is 13.1. The van der Waals surface area contributed by atoms with Gasteiger partial charge >= 0.3 is 5.97 Å². The van der Waals surface area contributed by atoms with Gasteiger partial charge in [0, 0.05) is 17.0 Å². The van der Waals surface area contributed by atoms with Gasteiger partial charge < -0.3 is 19.6 Å². The highest BCUT2D eigenvalue weighted by Crippen LogP contribution is 2.25. The van der Waals surface area contributed by atoms with Crippen LogP contribution in [0.5, 0.6) is 5.75 Å². The third kappa shape index (κ3) is 3.97. The average Bonchev–Trinajstić information content (AvgIpc) is 2.98. The predicted octanol–water partition coefficient (Wildman–Crippen LogP) is 3.90. The number of para-hydroxylation sites is 1. The lowest BCUT2D eigenvalue weighted by Gasteiger charge is -2.14. The Morgan fingerprint density at radius 3 is 2.81 bits per heavy atom. The molecule has 134 valence electrons. The van der Waals surface area contributed by atoms with Gasteiger partial charge in [0.25, 0.3) is 5.91 Å². The monoisotopic (exact) mass is 373 g/mol. The van der Waals surface area contributed by atoms with Crippen LogP contribution in [0.25, 0.3) is 11.0 Å². The van der Waals surface area contributed by atoms with Crippen molar-refractivity contribution < 1.29 is 23.8 Å². The molecule has 0 saturated heterocycles. The Bertz CT molecular complexity index is 965. The first-order chi connectivity index (χ1) is 12.4. The zero-order chi connectivity index (χ0) is 18.7. The smallest absolute Gasteiger partial charge is 0.311 e. The van der Waals surface area contributed by atoms with Crippen molar-refractivity contribution >= 4 is 40.1 Å². The molecule has 0 bridgehead atoms. The summed E-state index contributed by atoms with van der Waals surface area (Å²) in [4.78, 5) is 24.3. The molecule has 0 aliphatic heterocycles. The number of benzene rings is 2. The Balaban J connectivity index is 1.61. The van der Waals surface area contributed by atoms with Crippen LogP contribution >= 0.6 is 11.6 Å². The highest BCUT2D eigenvalue weighted by atomic mass is 35.5. The number of anilines is 1. The lowest BCUT2D eigenvalue weighted by atomic mass is 10.1. The first-order valence-electron chi connectivity index (χ1n) is 7.88. The summed E-state index contributed by atoms with van der Waals surface area (Å²) in [7, 11) is 0. The normalized spacial score (nSPS) is 11.9. The van der Waals surface area contributed by atoms with Gasteiger partial charge in [-0.25, -0.2) is 0 Å². The molecule has 0 spiro atoms. The van der Waals surface area contributed by atoms with Crippen molar-refractivity contribution in [3.8, 4) is 5.75 Å². The molecule has 3 aromatic rings. The van der Waals surface area contributed by atoms with Gasteiger partial charge in [-0.05, 0) is 31.2 Å². The molecule has 1 heterocycles. The lowest BCUT2D eigenvalue weighted by molar-refractivity contribution is -0.152. The fraction of sp³-hybridized carbons (Fsp3) is 0.158. The standard InChI is InChI=1S/C19H16ClNO5/c1-11(19(24)21-16-5-3-2-4-15(16)20)26-18(23)8-12-10-25-17-9-13(22)6-7-14(12)17/h2-7,9-11,22H,8H2,1H3,(H,21,24)/t11-/m1/s1. The number of ether oxygens (including phenoxy) is 1. The zero-order valence-corrected chi connectivity index (χ0v) is 14.6. The molecule has 0 saturated carbocycles. The molecule has 0 radical (unpaired) electrons. The number of hydrogen-bond acceptors (Lipinski definition) is 5. The Hall–Kier alpha value is -2.99. The van der Waals surface area contributed by atoms with Gasteiger partial charge in [0.05, 0.1) is 23.4 Å². The highest BCUT2D eigenvalue weighted by molar-refractivity contribution is 6.33. The van der Waals surface area contributed by atoms with Crippen LogP contribution in [0.2, 0.25) is 5.02 Å². The summed E-state index contributed by atoms with van der Waals surface area (Å²) in [5.41, 5.74) is 1.53. The van der Waals surface area contributed by atoms with E-state index in [1.54, 1.807) is 30.3 Å². The minimum Gasteiger partial charge on any atom is -0.508 e. The maximum atomic E-state index is 12.2. The number of halogens is 1. The van der Waals surface area contributed by atoms with E-state index in [1.807, 2.05) is 0 Å². The Morgan fingerprint density at radius 1 is 1.27 bits per heavy atom. The van der Waals surface area contributed by atoms with Gasteiger partial charge in [-0.3, -0.25) is 9.59 Å². The number of phenolic OH excluding ortho intramolecular Hbond substituents is 1. The molecule has 2 N–H and O–H groups in total. The number of esters is 1. The van der Waals surface area contributed by atoms with Crippen molar-refractivity contribution in [3.63, 3.8) is 0 Å². The van der Waals surface area contributed by atoms with Crippen molar-refractivity contribution in [2.24, 2.45) is 0 Å². The summed E-state index contributed by atoms with van der Waals surface area (Å²) in [6.45, 7) is 1.48. The predicted molar refractivity (Wildman–Crippen MR) is 97.2 cm³/mol. The number of aromatic hydroxyl groups is 1. The van der Waals surface area contributed by atoms with Gasteiger partial charge in [0.15, 0.2) is 6.10 Å². The van der Waals surface area contributed by atoms with E-state index in [0.29, 0.717) is 27.2 Å². The van der Waals surface area contributed by atoms with Crippen LogP contribution < -0.4 is 5.32 Å². The molecule has 1 atom stereocenters. The summed E-state index contributed by atoms with van der Waals surface area (Å²) in [6, 6.07) is 11.4. The molecule has 1 aromatic heterocycles. The van der Waals surface area contributed by atoms with Crippen LogP contribution in [0, 0.1) is 0 Å². The van der Waals surface area contributed by atoms with E-state index in [4.69, 9.17) is 20.8 Å². The largest absolute Gasteiger partial charge is 0.508 e. The zero-order valence-electron chi connectivity index (χ0n) is 13.9. The minimum atomic E-state index is -0.985. The van der Waals surface area contributed by atoms with Gasteiger partial charge in [0.2, 0.25) is 0 Å². The number of carbonyl (C=O) groups excluding carboxylic acids is 2. The van der Waals surface area contributed by atoms with Crippen LogP contribution in [-0.2, 0) is 20.7 Å². The molecule has 0 fully saturated rings. The molecular formula is C19H16ClNO5. The van der Waals surface area contributed by atoms with Crippen molar-refractivity contribution in [2.45, 2.75) is 19.4 Å². The number of nitrogens with one attached hydrogen (secondary N) is 1. The fourth-order valence-electron chi connectivity index (χ4n) is 2.45. The van der Waals surface area contributed by atoms with Crippen molar-refractivity contribution in [1.82, 2.24) is 0 Å². The summed E-state index contributed by atoms with van der Waals surface area (Å²) in [6.07, 6.45) is 0.391. The first-order valence-corrected chi connectivity index (χ1v) is 8.26. The average molecular weight is 374 g/mol. The fourth-order valence-corrected chi connectivity index (χ4v) is 2.64. The number of fused-ring (bicyclic) bond motifs is 1. The lowest BCUT2D eigenvalue weighted by Crippen LogP contribution is -2.30. The number of hydrogen-bond donors (Lipinski definition) is 2. The maximum absolute atomic E-state index is 12.2. The van der Waals surface area contributed by atoms with Crippen molar-refractivity contribution in [3.05, 3.63) is 59.3 Å². The molecule has 0 aliphatic carbocycles. The van der Waals surface area contributed by atoms with Gasteiger partial charge in [-0.2, -0.15) is 0 Å². The molecule has 0 aliphatic rings. The summed E-state index contributed by atoms with van der Waals surface area (Å²) >= 11 is 5.99. The summed E-state index contributed by atoms with van der Waals surface area (Å²) in [5.74, 6) is -0.971. The highest BCUT2D eigenvalue weighted by Gasteiger charge is 2.20. The van der Waals surface area contributed by atoms with Crippen molar-refractivity contribution in [2.75, 3.05) is 5.32 Å². The van der Waals surface area contributed by atoms with Crippen LogP contribution in [-0.4, -0.2) is 23.1 Å². The minimum absolute atomic E-state index is 0.0541. The third-order valence-electron chi connectivity index (χ3n) is 3.78. The van der Waals surface area contributed by atoms with E-state index < -0.39 is 18.0 Å². The molecular weight excluding hydrogens is 358 g/mol. The number of furan rings is 1. The number of carbonyl (C=O) groups is 2. The molecule has 3 rings (SSSR count). The number of rotatable bonds is 5. The summed E-state index contributed by atoms with van der Waals surface area (Å²) < 4.78 is 10.5. The second-order valence-corrected chi connectivity index (χ2v) is 6.13. The Kier molecular flexibility index (Phi) is 5.14. The second kappa shape index (κ2) is 7.49. The van der Waals surface area contributed by atoms with E-state index in [9.17, 15) is 14.7 Å². The van der Waals surface area contributed by atoms with E-state index in [2.05, 4.69) is 5.32 Å². The topological polar surface area (TPSA) is 88.8 Å². The third-order valence-corrected chi connectivity index (χ3v) is 4.11. The van der Waals surface area contributed by atoms with E-state index in [-0.39, 0.29) is 12.2 Å². The molecule has 6 nitrogen and oxygen atoms in total. The maximum Gasteiger partial charge on any atom is 0.311 e. The molecule has 1 amide bonds. The first kappa shape index (κ1) is 17.8. The van der Waals surface area contributed by atoms with Crippen molar-refractivity contribution in [1.29, 1.82) is 0 Å². The molecule has 7 heteroatoms. The van der Waals surface area contributed by atoms with Gasteiger partial charge in [0.1, 0.15) is 11.3 Å². The number of phenols is 1. The Morgan fingerprint density at radius 2 is 2.04 bits per heavy atom. The number of amides is 1. The van der Waals surface area contributed by atoms with Crippen LogP contribution in [0.1, 0.15) is 12.5 Å². The van der Waals surface area contributed by atoms with Crippen LogP contribution in [0.15, 0.2) is 53.1 Å². The molecule has 26 heavy (non-hydrogen) atoms. The van der Waals surface area contributed by atoms with Gasteiger partial charge in [-0.15, -0.1) is 0 Å². The quantitative estimate of drug-likeness (QED) is 0.662. The molecule has 2 aromatic carbocycles.